The number of aryl methyl sites for hydroxylation is 1. The predicted octanol–water partition coefficient (Wildman–Crippen LogP) is 4.88. The van der Waals surface area contributed by atoms with Crippen molar-refractivity contribution < 1.29 is 18.0 Å². The number of benzene rings is 1. The molecule has 1 aromatic rings. The SMILES string of the molecule is Cc1ccc([C@@]2(C(F)(F)F)NC(=O)N3CCCCC/C=C\3S2)cc1. The number of urea groups is 1. The van der Waals surface area contributed by atoms with Gasteiger partial charge in [-0.1, -0.05) is 54.1 Å². The molecule has 2 heterocycles. The van der Waals surface area contributed by atoms with Gasteiger partial charge in [-0.25, -0.2) is 4.79 Å². The van der Waals surface area contributed by atoms with Crippen LogP contribution in [0.5, 0.6) is 0 Å². The van der Waals surface area contributed by atoms with Gasteiger partial charge in [0.1, 0.15) is 0 Å². The maximum atomic E-state index is 14.0. The smallest absolute Gasteiger partial charge is 0.311 e. The lowest BCUT2D eigenvalue weighted by molar-refractivity contribution is -0.168. The van der Waals surface area contributed by atoms with Crippen LogP contribution in [0.1, 0.15) is 36.8 Å². The quantitative estimate of drug-likeness (QED) is 0.777. The van der Waals surface area contributed by atoms with Gasteiger partial charge in [0.05, 0.1) is 5.03 Å². The fraction of sp³-hybridized carbons (Fsp3) is 0.471. The van der Waals surface area contributed by atoms with E-state index in [1.807, 2.05) is 6.92 Å². The molecule has 3 rings (SSSR count). The fourth-order valence-electron chi connectivity index (χ4n) is 2.95. The minimum Gasteiger partial charge on any atom is -0.311 e. The van der Waals surface area contributed by atoms with Gasteiger partial charge in [-0.05, 0) is 31.7 Å². The first-order valence-corrected chi connectivity index (χ1v) is 8.78. The molecule has 1 aromatic carbocycles. The zero-order chi connectivity index (χ0) is 17.4. The summed E-state index contributed by atoms with van der Waals surface area (Å²) in [5.74, 6) is 0. The highest BCUT2D eigenvalue weighted by molar-refractivity contribution is 8.04. The predicted molar refractivity (Wildman–Crippen MR) is 88.3 cm³/mol. The van der Waals surface area contributed by atoms with E-state index in [1.165, 1.54) is 17.0 Å². The summed E-state index contributed by atoms with van der Waals surface area (Å²) in [5.41, 5.74) is 0.913. The van der Waals surface area contributed by atoms with Crippen LogP contribution < -0.4 is 5.32 Å². The molecular formula is C17H19F3N2OS. The Balaban J connectivity index is 2.07. The van der Waals surface area contributed by atoms with E-state index in [0.29, 0.717) is 29.8 Å². The molecule has 0 radical (unpaired) electrons. The lowest BCUT2D eigenvalue weighted by Crippen LogP contribution is -2.60. The summed E-state index contributed by atoms with van der Waals surface area (Å²) in [5, 5.41) is 2.64. The number of thioether (sulfide) groups is 1. The van der Waals surface area contributed by atoms with Crippen molar-refractivity contribution in [2.45, 2.75) is 43.7 Å². The summed E-state index contributed by atoms with van der Waals surface area (Å²) >= 11 is 0.685. The van der Waals surface area contributed by atoms with E-state index in [4.69, 9.17) is 0 Å². The van der Waals surface area contributed by atoms with Gasteiger partial charge >= 0.3 is 12.2 Å². The zero-order valence-corrected chi connectivity index (χ0v) is 14.1. The Kier molecular flexibility index (Phi) is 4.55. The molecule has 0 aliphatic carbocycles. The topological polar surface area (TPSA) is 32.3 Å². The van der Waals surface area contributed by atoms with Crippen molar-refractivity contribution in [2.24, 2.45) is 0 Å². The van der Waals surface area contributed by atoms with Crippen LogP contribution in [0.25, 0.3) is 0 Å². The molecule has 1 N–H and O–H groups in total. The van der Waals surface area contributed by atoms with Crippen LogP contribution >= 0.6 is 11.8 Å². The van der Waals surface area contributed by atoms with Crippen molar-refractivity contribution in [1.29, 1.82) is 0 Å². The summed E-state index contributed by atoms with van der Waals surface area (Å²) in [6.07, 6.45) is 0.543. The standard InChI is InChI=1S/C17H19F3N2OS/c1-12-7-9-13(10-8-12)16(17(18,19)20)21-15(23)22-11-5-3-2-4-6-14(22)24-16/h6-10H,2-5,11H2,1H3,(H,21,23)/b14-6+/t16-/m1/s1. The Bertz CT molecular complexity index is 657. The van der Waals surface area contributed by atoms with Crippen LogP contribution in [-0.2, 0) is 4.87 Å². The second-order valence-electron chi connectivity index (χ2n) is 6.12. The van der Waals surface area contributed by atoms with E-state index >= 15 is 0 Å². The third-order valence-electron chi connectivity index (χ3n) is 4.31. The van der Waals surface area contributed by atoms with E-state index in [1.54, 1.807) is 18.2 Å². The fourth-order valence-corrected chi connectivity index (χ4v) is 4.25. The van der Waals surface area contributed by atoms with Gasteiger partial charge in [0, 0.05) is 6.54 Å². The molecule has 24 heavy (non-hydrogen) atoms. The number of nitrogens with zero attached hydrogens (tertiary/aromatic N) is 1. The van der Waals surface area contributed by atoms with Crippen molar-refractivity contribution >= 4 is 17.8 Å². The number of carbonyl (C=O) groups excluding carboxylic acids is 1. The first kappa shape index (κ1) is 17.2. The highest BCUT2D eigenvalue weighted by atomic mass is 32.2. The van der Waals surface area contributed by atoms with Crippen LogP contribution in [0.2, 0.25) is 0 Å². The molecule has 2 aliphatic rings. The average Bonchev–Trinajstić information content (AvgIpc) is 2.48. The molecule has 0 aromatic heterocycles. The molecule has 0 unspecified atom stereocenters. The first-order valence-electron chi connectivity index (χ1n) is 7.96. The molecule has 7 heteroatoms. The summed E-state index contributed by atoms with van der Waals surface area (Å²) in [6, 6.07) is 5.47. The molecule has 1 atom stereocenters. The first-order chi connectivity index (χ1) is 11.3. The molecule has 0 bridgehead atoms. The van der Waals surface area contributed by atoms with Crippen LogP contribution in [0.15, 0.2) is 35.4 Å². The van der Waals surface area contributed by atoms with Crippen LogP contribution in [0, 0.1) is 6.92 Å². The molecule has 2 aliphatic heterocycles. The largest absolute Gasteiger partial charge is 0.425 e. The lowest BCUT2D eigenvalue weighted by atomic mass is 10.0. The van der Waals surface area contributed by atoms with Gasteiger partial charge in [0.2, 0.25) is 4.87 Å². The Hall–Kier alpha value is -1.63. The number of alkyl halides is 3. The molecule has 3 nitrogen and oxygen atoms in total. The molecule has 130 valence electrons. The minimum absolute atomic E-state index is 0.0431. The Labute approximate surface area is 143 Å². The Morgan fingerprint density at radius 2 is 1.88 bits per heavy atom. The summed E-state index contributed by atoms with van der Waals surface area (Å²) < 4.78 is 42.0. The maximum Gasteiger partial charge on any atom is 0.425 e. The van der Waals surface area contributed by atoms with Crippen molar-refractivity contribution in [3.63, 3.8) is 0 Å². The number of carbonyl (C=O) groups is 1. The number of allylic oxidation sites excluding steroid dienone is 1. The zero-order valence-electron chi connectivity index (χ0n) is 13.3. The summed E-state index contributed by atoms with van der Waals surface area (Å²) in [6.45, 7) is 2.27. The summed E-state index contributed by atoms with van der Waals surface area (Å²) in [4.78, 5) is 11.4. The van der Waals surface area contributed by atoms with Crippen molar-refractivity contribution in [3.05, 3.63) is 46.5 Å². The molecule has 1 saturated heterocycles. The third-order valence-corrected chi connectivity index (χ3v) is 5.79. The van der Waals surface area contributed by atoms with Gasteiger partial charge in [0.15, 0.2) is 0 Å². The van der Waals surface area contributed by atoms with Gasteiger partial charge < -0.3 is 5.32 Å². The molecule has 0 saturated carbocycles. The van der Waals surface area contributed by atoms with E-state index in [0.717, 1.165) is 24.8 Å². The van der Waals surface area contributed by atoms with Gasteiger partial charge in [-0.2, -0.15) is 13.2 Å². The van der Waals surface area contributed by atoms with Gasteiger partial charge in [-0.3, -0.25) is 4.90 Å². The van der Waals surface area contributed by atoms with E-state index < -0.39 is 17.1 Å². The monoisotopic (exact) mass is 356 g/mol. The highest BCUT2D eigenvalue weighted by Crippen LogP contribution is 2.53. The second-order valence-corrected chi connectivity index (χ2v) is 7.36. The number of halogens is 3. The van der Waals surface area contributed by atoms with E-state index in [9.17, 15) is 18.0 Å². The number of hydrogen-bond donors (Lipinski definition) is 1. The van der Waals surface area contributed by atoms with Crippen LogP contribution in [0.4, 0.5) is 18.0 Å². The van der Waals surface area contributed by atoms with Crippen LogP contribution in [-0.4, -0.2) is 23.7 Å². The normalized spacial score (nSPS) is 27.4. The minimum atomic E-state index is -4.61. The molecule has 0 spiro atoms. The number of nitrogens with one attached hydrogen (secondary N) is 1. The van der Waals surface area contributed by atoms with Gasteiger partial charge in [-0.15, -0.1) is 0 Å². The van der Waals surface area contributed by atoms with E-state index in [-0.39, 0.29) is 5.56 Å². The molecule has 2 amide bonds. The van der Waals surface area contributed by atoms with Gasteiger partial charge in [0.25, 0.3) is 0 Å². The van der Waals surface area contributed by atoms with Crippen molar-refractivity contribution in [1.82, 2.24) is 10.2 Å². The number of fused-ring (bicyclic) bond motifs is 1. The highest BCUT2D eigenvalue weighted by Gasteiger charge is 2.61. The van der Waals surface area contributed by atoms with Crippen molar-refractivity contribution in [3.8, 4) is 0 Å². The van der Waals surface area contributed by atoms with E-state index in [2.05, 4.69) is 5.32 Å². The third kappa shape index (κ3) is 3.01. The number of hydrogen-bond acceptors (Lipinski definition) is 2. The second kappa shape index (κ2) is 6.35. The average molecular weight is 356 g/mol. The lowest BCUT2D eigenvalue weighted by Gasteiger charge is -2.44. The van der Waals surface area contributed by atoms with Crippen molar-refractivity contribution in [2.75, 3.05) is 6.54 Å². The number of rotatable bonds is 1. The number of amides is 2. The molecular weight excluding hydrogens is 337 g/mol. The maximum absolute atomic E-state index is 14.0. The Morgan fingerprint density at radius 1 is 1.17 bits per heavy atom. The molecule has 1 fully saturated rings. The van der Waals surface area contributed by atoms with Crippen LogP contribution in [0.3, 0.4) is 0 Å². The summed E-state index contributed by atoms with van der Waals surface area (Å²) in [7, 11) is 0. The Morgan fingerprint density at radius 3 is 2.54 bits per heavy atom.